The van der Waals surface area contributed by atoms with E-state index < -0.39 is 4.92 Å². The molecule has 24 heavy (non-hydrogen) atoms. The van der Waals surface area contributed by atoms with E-state index in [0.29, 0.717) is 15.7 Å². The van der Waals surface area contributed by atoms with Crippen LogP contribution in [0.5, 0.6) is 0 Å². The lowest BCUT2D eigenvalue weighted by molar-refractivity contribution is -0.384. The van der Waals surface area contributed by atoms with E-state index in [0.717, 1.165) is 15.8 Å². The Bertz CT molecular complexity index is 938. The van der Waals surface area contributed by atoms with Gasteiger partial charge < -0.3 is 5.32 Å². The van der Waals surface area contributed by atoms with Crippen molar-refractivity contribution in [1.29, 1.82) is 0 Å². The first kappa shape index (κ1) is 16.4. The molecule has 1 aromatic heterocycles. The highest BCUT2D eigenvalue weighted by molar-refractivity contribution is 7.22. The van der Waals surface area contributed by atoms with Crippen molar-refractivity contribution in [2.45, 2.75) is 6.92 Å². The fourth-order valence-corrected chi connectivity index (χ4v) is 3.28. The monoisotopic (exact) mass is 361 g/mol. The number of carbonyl (C=O) groups is 1. The van der Waals surface area contributed by atoms with E-state index in [1.807, 2.05) is 19.1 Å². The van der Waals surface area contributed by atoms with Crippen LogP contribution in [-0.2, 0) is 0 Å². The van der Waals surface area contributed by atoms with Gasteiger partial charge in [0.15, 0.2) is 10.9 Å². The van der Waals surface area contributed by atoms with Crippen molar-refractivity contribution in [2.75, 3.05) is 11.9 Å². The Morgan fingerprint density at radius 1 is 1.29 bits per heavy atom. The first-order valence-corrected chi connectivity index (χ1v) is 8.22. The summed E-state index contributed by atoms with van der Waals surface area (Å²) in [5.41, 5.74) is 2.09. The fraction of sp³-hybridized carbons (Fsp3) is 0.125. The molecule has 3 aromatic rings. The third kappa shape index (κ3) is 3.22. The molecule has 2 aromatic carbocycles. The van der Waals surface area contributed by atoms with E-state index in [4.69, 9.17) is 11.6 Å². The Labute approximate surface area is 146 Å². The zero-order valence-corrected chi connectivity index (χ0v) is 14.1. The zero-order valence-electron chi connectivity index (χ0n) is 12.6. The number of anilines is 1. The van der Waals surface area contributed by atoms with Crippen LogP contribution in [0.25, 0.3) is 10.2 Å². The highest BCUT2D eigenvalue weighted by Crippen LogP contribution is 2.31. The van der Waals surface area contributed by atoms with Crippen molar-refractivity contribution in [3.8, 4) is 0 Å². The molecule has 1 N–H and O–H groups in total. The quantitative estimate of drug-likeness (QED) is 0.412. The molecule has 0 bridgehead atoms. The van der Waals surface area contributed by atoms with Gasteiger partial charge >= 0.3 is 0 Å². The summed E-state index contributed by atoms with van der Waals surface area (Å²) in [4.78, 5) is 26.7. The average Bonchev–Trinajstić information content (AvgIpc) is 3.00. The van der Waals surface area contributed by atoms with Gasteiger partial charge in [0.05, 0.1) is 21.7 Å². The van der Waals surface area contributed by atoms with Crippen molar-refractivity contribution in [3.63, 3.8) is 0 Å². The molecular formula is C16H12ClN3O3S. The summed E-state index contributed by atoms with van der Waals surface area (Å²) in [5, 5.41) is 14.9. The van der Waals surface area contributed by atoms with Crippen molar-refractivity contribution >= 4 is 49.8 Å². The van der Waals surface area contributed by atoms with Gasteiger partial charge in [-0.2, -0.15) is 0 Å². The molecule has 0 saturated heterocycles. The summed E-state index contributed by atoms with van der Waals surface area (Å²) in [5.74, 6) is -0.168. The van der Waals surface area contributed by atoms with Gasteiger partial charge in [0, 0.05) is 22.7 Å². The molecule has 3 rings (SSSR count). The van der Waals surface area contributed by atoms with Crippen molar-refractivity contribution in [2.24, 2.45) is 0 Å². The Hall–Kier alpha value is -2.51. The van der Waals surface area contributed by atoms with Gasteiger partial charge in [-0.1, -0.05) is 22.9 Å². The largest absolute Gasteiger partial charge is 0.354 e. The lowest BCUT2D eigenvalue weighted by atomic mass is 10.1. The maximum Gasteiger partial charge on any atom is 0.269 e. The Balaban J connectivity index is 1.72. The lowest BCUT2D eigenvalue weighted by Crippen LogP contribution is -2.13. The molecule has 0 radical (unpaired) electrons. The Morgan fingerprint density at radius 2 is 2.00 bits per heavy atom. The number of aryl methyl sites for hydroxylation is 1. The van der Waals surface area contributed by atoms with Crippen LogP contribution in [-0.4, -0.2) is 22.2 Å². The van der Waals surface area contributed by atoms with Gasteiger partial charge in [-0.15, -0.1) is 0 Å². The number of ketones is 1. The number of Topliss-reactive ketones (excluding diaryl/α,β-unsaturated/α-hetero) is 1. The SMILES string of the molecule is Cc1c(Cl)ccc2sc(NCC(=O)c3ccc([N+](=O)[O-])cc3)nc12. The maximum atomic E-state index is 12.2. The number of hydrogen-bond donors (Lipinski definition) is 1. The Kier molecular flexibility index (Phi) is 4.46. The van der Waals surface area contributed by atoms with Gasteiger partial charge in [-0.05, 0) is 36.8 Å². The molecule has 8 heteroatoms. The zero-order chi connectivity index (χ0) is 17.3. The van der Waals surface area contributed by atoms with E-state index in [2.05, 4.69) is 10.3 Å². The maximum absolute atomic E-state index is 12.2. The lowest BCUT2D eigenvalue weighted by Gasteiger charge is -2.02. The van der Waals surface area contributed by atoms with Gasteiger partial charge in [0.2, 0.25) is 0 Å². The van der Waals surface area contributed by atoms with Crippen LogP contribution in [0.3, 0.4) is 0 Å². The topological polar surface area (TPSA) is 85.1 Å². The van der Waals surface area contributed by atoms with Crippen LogP contribution in [0.4, 0.5) is 10.8 Å². The number of nitro groups is 1. The van der Waals surface area contributed by atoms with Crippen LogP contribution in [0.15, 0.2) is 36.4 Å². The summed E-state index contributed by atoms with van der Waals surface area (Å²) in [6.07, 6.45) is 0. The number of benzene rings is 2. The van der Waals surface area contributed by atoms with Gasteiger partial charge in [-0.25, -0.2) is 4.98 Å². The van der Waals surface area contributed by atoms with Crippen LogP contribution in [0, 0.1) is 17.0 Å². The van der Waals surface area contributed by atoms with Crippen molar-refractivity contribution in [3.05, 3.63) is 62.7 Å². The molecule has 1 heterocycles. The molecule has 0 aliphatic heterocycles. The number of rotatable bonds is 5. The number of hydrogen-bond acceptors (Lipinski definition) is 6. The molecule has 0 fully saturated rings. The molecule has 0 spiro atoms. The number of nitrogens with one attached hydrogen (secondary N) is 1. The highest BCUT2D eigenvalue weighted by Gasteiger charge is 2.12. The molecule has 122 valence electrons. The third-order valence-corrected chi connectivity index (χ3v) is 4.94. The summed E-state index contributed by atoms with van der Waals surface area (Å²) in [6.45, 7) is 1.96. The summed E-state index contributed by atoms with van der Waals surface area (Å²) in [6, 6.07) is 9.25. The van der Waals surface area contributed by atoms with E-state index in [1.54, 1.807) is 0 Å². The Morgan fingerprint density at radius 3 is 2.67 bits per heavy atom. The summed E-state index contributed by atoms with van der Waals surface area (Å²) < 4.78 is 0.988. The van der Waals surface area contributed by atoms with Crippen LogP contribution in [0.1, 0.15) is 15.9 Å². The van der Waals surface area contributed by atoms with Crippen LogP contribution in [0.2, 0.25) is 5.02 Å². The smallest absolute Gasteiger partial charge is 0.269 e. The minimum atomic E-state index is -0.499. The van der Waals surface area contributed by atoms with E-state index >= 15 is 0 Å². The normalized spacial score (nSPS) is 10.8. The number of aromatic nitrogens is 1. The first-order chi connectivity index (χ1) is 11.5. The minimum absolute atomic E-state index is 0.0435. The molecule has 6 nitrogen and oxygen atoms in total. The molecule has 0 amide bonds. The number of halogens is 1. The third-order valence-electron chi connectivity index (χ3n) is 3.55. The average molecular weight is 362 g/mol. The van der Waals surface area contributed by atoms with Crippen LogP contribution >= 0.6 is 22.9 Å². The van der Waals surface area contributed by atoms with Crippen molar-refractivity contribution < 1.29 is 9.72 Å². The number of nitro benzene ring substituents is 1. The number of fused-ring (bicyclic) bond motifs is 1. The molecule has 0 saturated carbocycles. The van der Waals surface area contributed by atoms with Gasteiger partial charge in [0.25, 0.3) is 5.69 Å². The van der Waals surface area contributed by atoms with Gasteiger partial charge in [-0.3, -0.25) is 14.9 Å². The standard InChI is InChI=1S/C16H12ClN3O3S/c1-9-12(17)6-7-14-15(9)19-16(24-14)18-8-13(21)10-2-4-11(5-3-10)20(22)23/h2-7H,8H2,1H3,(H,18,19). The predicted molar refractivity (Wildman–Crippen MR) is 95.3 cm³/mol. The minimum Gasteiger partial charge on any atom is -0.354 e. The number of thiazole rings is 1. The number of nitrogens with zero attached hydrogens (tertiary/aromatic N) is 2. The fourth-order valence-electron chi connectivity index (χ4n) is 2.20. The molecule has 0 aliphatic rings. The molecule has 0 atom stereocenters. The van der Waals surface area contributed by atoms with Gasteiger partial charge in [0.1, 0.15) is 0 Å². The predicted octanol–water partition coefficient (Wildman–Crippen LogP) is 4.46. The highest BCUT2D eigenvalue weighted by atomic mass is 35.5. The number of carbonyl (C=O) groups excluding carboxylic acids is 1. The number of non-ortho nitro benzene ring substituents is 1. The summed E-state index contributed by atoms with van der Waals surface area (Å²) >= 11 is 7.52. The second kappa shape index (κ2) is 6.54. The second-order valence-electron chi connectivity index (χ2n) is 5.12. The van der Waals surface area contributed by atoms with E-state index in [9.17, 15) is 14.9 Å². The van der Waals surface area contributed by atoms with E-state index in [1.165, 1.54) is 35.6 Å². The summed E-state index contributed by atoms with van der Waals surface area (Å²) in [7, 11) is 0. The molecule has 0 aliphatic carbocycles. The van der Waals surface area contributed by atoms with Crippen LogP contribution < -0.4 is 5.32 Å². The molecule has 0 unspecified atom stereocenters. The van der Waals surface area contributed by atoms with Crippen molar-refractivity contribution in [1.82, 2.24) is 4.98 Å². The van der Waals surface area contributed by atoms with E-state index in [-0.39, 0.29) is 18.0 Å². The molecular weight excluding hydrogens is 350 g/mol. The second-order valence-corrected chi connectivity index (χ2v) is 6.56. The first-order valence-electron chi connectivity index (χ1n) is 7.03.